The number of hydrogen-bond acceptors (Lipinski definition) is 2. The molecule has 0 saturated heterocycles. The van der Waals surface area contributed by atoms with E-state index in [-0.39, 0.29) is 11.6 Å². The van der Waals surface area contributed by atoms with Crippen molar-refractivity contribution in [3.05, 3.63) is 245 Å². The zero-order chi connectivity index (χ0) is 37.5. The van der Waals surface area contributed by atoms with Gasteiger partial charge in [0.25, 0.3) is 0 Å². The smallest absolute Gasteiger partial charge is 0.145 e. The number of rotatable bonds is 5. The average Bonchev–Trinajstić information content (AvgIpc) is 3.77. The molecule has 1 heterocycles. The Hall–Kier alpha value is -7.29. The topological polar surface area (TPSA) is 24.4 Å². The molecule has 2 heteroatoms. The summed E-state index contributed by atoms with van der Waals surface area (Å²) in [6, 6.07) is 73.4. The molecule has 57 heavy (non-hydrogen) atoms. The molecule has 0 amide bonds. The second kappa shape index (κ2) is 12.4. The maximum atomic E-state index is 5.14. The first-order valence-electron chi connectivity index (χ1n) is 19.8. The van der Waals surface area contributed by atoms with Crippen molar-refractivity contribution in [1.82, 2.24) is 5.32 Å². The van der Waals surface area contributed by atoms with Crippen LogP contribution >= 0.6 is 0 Å². The van der Waals surface area contributed by atoms with E-state index in [9.17, 15) is 0 Å². The SMILES string of the molecule is C1=C(c2cccc(-c3cccc(-c4ccc5c(c4)-c4ccccc4C54c5cccc6ccc7cccc4c7c56)c3)c2)NC(c2ccccc2)N=C1c1ccccc1. The summed E-state index contributed by atoms with van der Waals surface area (Å²) >= 11 is 0. The van der Waals surface area contributed by atoms with Gasteiger partial charge in [0, 0.05) is 5.70 Å². The van der Waals surface area contributed by atoms with E-state index in [4.69, 9.17) is 4.99 Å². The highest BCUT2D eigenvalue weighted by molar-refractivity contribution is 6.17. The molecule has 9 aromatic rings. The van der Waals surface area contributed by atoms with Crippen LogP contribution in [0.5, 0.6) is 0 Å². The minimum atomic E-state index is -0.345. The Morgan fingerprint density at radius 3 is 1.61 bits per heavy atom. The molecule has 9 aromatic carbocycles. The summed E-state index contributed by atoms with van der Waals surface area (Å²) in [5.74, 6) is 0. The van der Waals surface area contributed by atoms with E-state index in [1.54, 1.807) is 0 Å². The largest absolute Gasteiger partial charge is 0.360 e. The molecule has 0 bridgehead atoms. The first-order valence-corrected chi connectivity index (χ1v) is 19.8. The number of fused-ring (bicyclic) bond motifs is 7. The van der Waals surface area contributed by atoms with Crippen LogP contribution < -0.4 is 5.32 Å². The zero-order valence-electron chi connectivity index (χ0n) is 31.2. The number of nitrogens with one attached hydrogen (secondary N) is 1. The quantitative estimate of drug-likeness (QED) is 0.176. The van der Waals surface area contributed by atoms with Crippen LogP contribution in [0.1, 0.15) is 45.1 Å². The highest BCUT2D eigenvalue weighted by Crippen LogP contribution is 2.62. The fourth-order valence-corrected chi connectivity index (χ4v) is 9.98. The van der Waals surface area contributed by atoms with E-state index in [1.807, 2.05) is 0 Å². The third-order valence-corrected chi connectivity index (χ3v) is 12.5. The van der Waals surface area contributed by atoms with Gasteiger partial charge < -0.3 is 5.32 Å². The van der Waals surface area contributed by atoms with Gasteiger partial charge in [-0.15, -0.1) is 0 Å². The van der Waals surface area contributed by atoms with E-state index in [0.29, 0.717) is 0 Å². The Labute approximate surface area is 332 Å². The third-order valence-electron chi connectivity index (χ3n) is 12.5. The summed E-state index contributed by atoms with van der Waals surface area (Å²) in [4.78, 5) is 5.14. The molecule has 1 N–H and O–H groups in total. The first kappa shape index (κ1) is 32.0. The maximum Gasteiger partial charge on any atom is 0.145 e. The van der Waals surface area contributed by atoms with Gasteiger partial charge in [-0.3, -0.25) is 4.99 Å². The molecule has 12 rings (SSSR count). The Morgan fingerprint density at radius 1 is 0.386 bits per heavy atom. The lowest BCUT2D eigenvalue weighted by molar-refractivity contribution is 0.664. The zero-order valence-corrected chi connectivity index (χ0v) is 31.2. The van der Waals surface area contributed by atoms with E-state index < -0.39 is 0 Å². The second-order valence-corrected chi connectivity index (χ2v) is 15.5. The van der Waals surface area contributed by atoms with E-state index in [2.05, 4.69) is 212 Å². The van der Waals surface area contributed by atoms with Crippen molar-refractivity contribution >= 4 is 33.0 Å². The molecule has 2 aliphatic carbocycles. The van der Waals surface area contributed by atoms with Crippen LogP contribution in [-0.2, 0) is 5.41 Å². The fourth-order valence-electron chi connectivity index (χ4n) is 9.98. The van der Waals surface area contributed by atoms with Crippen LogP contribution in [0.3, 0.4) is 0 Å². The predicted molar refractivity (Wildman–Crippen MR) is 236 cm³/mol. The summed E-state index contributed by atoms with van der Waals surface area (Å²) < 4.78 is 0. The Morgan fingerprint density at radius 2 is 0.912 bits per heavy atom. The van der Waals surface area contributed by atoms with Crippen molar-refractivity contribution in [2.75, 3.05) is 0 Å². The normalized spacial score (nSPS) is 15.7. The van der Waals surface area contributed by atoms with Gasteiger partial charge in [0.15, 0.2) is 0 Å². The van der Waals surface area contributed by atoms with Gasteiger partial charge in [0.1, 0.15) is 6.17 Å². The molecule has 1 spiro atoms. The Balaban J connectivity index is 0.945. The predicted octanol–water partition coefficient (Wildman–Crippen LogP) is 13.1. The van der Waals surface area contributed by atoms with Gasteiger partial charge in [-0.05, 0) is 118 Å². The molecule has 0 radical (unpaired) electrons. The van der Waals surface area contributed by atoms with Crippen molar-refractivity contribution < 1.29 is 0 Å². The number of allylic oxidation sites excluding steroid dienone is 1. The molecule has 0 saturated carbocycles. The molecule has 266 valence electrons. The lowest BCUT2D eigenvalue weighted by Crippen LogP contribution is -2.26. The van der Waals surface area contributed by atoms with Gasteiger partial charge in [-0.1, -0.05) is 182 Å². The first-order chi connectivity index (χ1) is 28.2. The molecule has 2 nitrogen and oxygen atoms in total. The lowest BCUT2D eigenvalue weighted by Gasteiger charge is -2.30. The molecule has 1 atom stereocenters. The standard InChI is InChI=1S/C55H36N2/c1-3-13-35(14-4-1)50-34-51(57-54(56-50)38-15-5-2-6-16-38)43-22-10-21-41(32-43)39-19-9-20-40(31-39)42-29-30-47-45(33-42)44-23-7-8-24-46(44)55(47)48-25-11-17-36-27-28-37-18-12-26-49(55)53(37)52(36)48/h1-34,54,57H. The van der Waals surface area contributed by atoms with E-state index in [0.717, 1.165) is 28.1 Å². The van der Waals surface area contributed by atoms with E-state index >= 15 is 0 Å². The average molecular weight is 725 g/mol. The summed E-state index contributed by atoms with van der Waals surface area (Å²) in [5.41, 5.74) is 18.0. The van der Waals surface area contributed by atoms with Crippen molar-refractivity contribution in [2.24, 2.45) is 4.99 Å². The van der Waals surface area contributed by atoms with Crippen LogP contribution in [0.15, 0.2) is 211 Å². The number of aliphatic imine (C=N–C) groups is 1. The van der Waals surface area contributed by atoms with Gasteiger partial charge in [0.05, 0.1) is 11.1 Å². The van der Waals surface area contributed by atoms with Gasteiger partial charge >= 0.3 is 0 Å². The molecule has 0 fully saturated rings. The van der Waals surface area contributed by atoms with Crippen LogP contribution in [-0.4, -0.2) is 5.71 Å². The summed E-state index contributed by atoms with van der Waals surface area (Å²) in [5, 5.41) is 9.15. The van der Waals surface area contributed by atoms with Crippen molar-refractivity contribution in [3.8, 4) is 33.4 Å². The Kier molecular flexibility index (Phi) is 6.94. The number of nitrogens with zero attached hydrogens (tertiary/aromatic N) is 1. The van der Waals surface area contributed by atoms with Crippen LogP contribution in [0.25, 0.3) is 60.6 Å². The van der Waals surface area contributed by atoms with Gasteiger partial charge in [0.2, 0.25) is 0 Å². The fraction of sp³-hybridized carbons (Fsp3) is 0.0364. The van der Waals surface area contributed by atoms with Crippen molar-refractivity contribution in [1.29, 1.82) is 0 Å². The molecule has 0 aromatic heterocycles. The Bertz CT molecular complexity index is 3090. The third kappa shape index (κ3) is 4.74. The molecule has 1 unspecified atom stereocenters. The van der Waals surface area contributed by atoms with E-state index in [1.165, 1.54) is 77.2 Å². The lowest BCUT2D eigenvalue weighted by atomic mass is 9.70. The van der Waals surface area contributed by atoms with Gasteiger partial charge in [-0.2, -0.15) is 0 Å². The van der Waals surface area contributed by atoms with Crippen LogP contribution in [0.2, 0.25) is 0 Å². The summed E-state index contributed by atoms with van der Waals surface area (Å²) in [6.07, 6.45) is 2.00. The molecular formula is C55H36N2. The van der Waals surface area contributed by atoms with Crippen molar-refractivity contribution in [3.63, 3.8) is 0 Å². The highest BCUT2D eigenvalue weighted by atomic mass is 15.1. The molecular weight excluding hydrogens is 689 g/mol. The van der Waals surface area contributed by atoms with Crippen molar-refractivity contribution in [2.45, 2.75) is 11.6 Å². The monoisotopic (exact) mass is 724 g/mol. The number of benzene rings is 9. The van der Waals surface area contributed by atoms with Gasteiger partial charge in [-0.25, -0.2) is 0 Å². The number of hydrogen-bond donors (Lipinski definition) is 1. The molecule has 1 aliphatic heterocycles. The minimum absolute atomic E-state index is 0.184. The minimum Gasteiger partial charge on any atom is -0.360 e. The summed E-state index contributed by atoms with van der Waals surface area (Å²) in [7, 11) is 0. The van der Waals surface area contributed by atoms with Crippen LogP contribution in [0, 0.1) is 0 Å². The molecule has 3 aliphatic rings. The second-order valence-electron chi connectivity index (χ2n) is 15.5. The highest BCUT2D eigenvalue weighted by Gasteiger charge is 2.50. The van der Waals surface area contributed by atoms with Crippen LogP contribution in [0.4, 0.5) is 0 Å². The maximum absolute atomic E-state index is 5.14. The summed E-state index contributed by atoms with van der Waals surface area (Å²) in [6.45, 7) is 0.